The Bertz CT molecular complexity index is 682. The molecule has 0 aliphatic rings. The van der Waals surface area contributed by atoms with E-state index in [1.807, 2.05) is 30.7 Å². The number of aryl methyl sites for hydroxylation is 3. The molecule has 2 aromatic rings. The van der Waals surface area contributed by atoms with Crippen LogP contribution in [0.15, 0.2) is 35.3 Å². The van der Waals surface area contributed by atoms with E-state index in [0.717, 1.165) is 56.2 Å². The molecular formula is C19H29FIN5. The monoisotopic (exact) mass is 473 g/mol. The van der Waals surface area contributed by atoms with E-state index in [1.165, 1.54) is 17.8 Å². The van der Waals surface area contributed by atoms with E-state index in [2.05, 4.69) is 33.7 Å². The second kappa shape index (κ2) is 11.9. The fourth-order valence-electron chi connectivity index (χ4n) is 2.63. The molecule has 1 aromatic carbocycles. The molecule has 0 atom stereocenters. The molecule has 0 saturated carbocycles. The van der Waals surface area contributed by atoms with E-state index in [9.17, 15) is 4.39 Å². The van der Waals surface area contributed by atoms with Crippen LogP contribution in [0.1, 0.15) is 30.3 Å². The van der Waals surface area contributed by atoms with Crippen molar-refractivity contribution >= 4 is 29.9 Å². The minimum atomic E-state index is -0.200. The number of aromatic nitrogens is 2. The third-order valence-corrected chi connectivity index (χ3v) is 3.86. The van der Waals surface area contributed by atoms with Gasteiger partial charge in [-0.25, -0.2) is 4.39 Å². The van der Waals surface area contributed by atoms with Crippen LogP contribution in [0.5, 0.6) is 0 Å². The van der Waals surface area contributed by atoms with Gasteiger partial charge in [0.25, 0.3) is 0 Å². The highest BCUT2D eigenvalue weighted by atomic mass is 127. The molecule has 0 amide bonds. The zero-order valence-corrected chi connectivity index (χ0v) is 18.1. The zero-order valence-electron chi connectivity index (χ0n) is 15.8. The van der Waals surface area contributed by atoms with E-state index >= 15 is 0 Å². The van der Waals surface area contributed by atoms with Crippen molar-refractivity contribution < 1.29 is 4.39 Å². The van der Waals surface area contributed by atoms with Gasteiger partial charge in [-0.1, -0.05) is 12.1 Å². The van der Waals surface area contributed by atoms with Gasteiger partial charge in [-0.2, -0.15) is 5.10 Å². The van der Waals surface area contributed by atoms with Crippen LogP contribution < -0.4 is 10.6 Å². The maximum absolute atomic E-state index is 12.9. The smallest absolute Gasteiger partial charge is 0.191 e. The Morgan fingerprint density at radius 3 is 2.54 bits per heavy atom. The van der Waals surface area contributed by atoms with Crippen molar-refractivity contribution in [3.05, 3.63) is 53.1 Å². The first kappa shape index (κ1) is 22.4. The van der Waals surface area contributed by atoms with E-state index < -0.39 is 0 Å². The Morgan fingerprint density at radius 1 is 1.19 bits per heavy atom. The molecule has 1 aromatic heterocycles. The average Bonchev–Trinajstić information content (AvgIpc) is 2.91. The largest absolute Gasteiger partial charge is 0.357 e. The van der Waals surface area contributed by atoms with Gasteiger partial charge in [0.05, 0.1) is 5.69 Å². The summed E-state index contributed by atoms with van der Waals surface area (Å²) in [7, 11) is 0. The van der Waals surface area contributed by atoms with Gasteiger partial charge in [0.15, 0.2) is 5.96 Å². The molecule has 0 fully saturated rings. The number of nitrogens with one attached hydrogen (secondary N) is 2. The van der Waals surface area contributed by atoms with Crippen molar-refractivity contribution in [2.45, 2.75) is 40.2 Å². The van der Waals surface area contributed by atoms with Gasteiger partial charge in [0.1, 0.15) is 5.82 Å². The topological polar surface area (TPSA) is 54.2 Å². The maximum Gasteiger partial charge on any atom is 0.191 e. The quantitative estimate of drug-likeness (QED) is 0.267. The van der Waals surface area contributed by atoms with Crippen LogP contribution in [0.4, 0.5) is 4.39 Å². The van der Waals surface area contributed by atoms with Gasteiger partial charge in [-0.15, -0.1) is 24.0 Å². The number of nitrogens with zero attached hydrogens (tertiary/aromatic N) is 3. The first-order valence-corrected chi connectivity index (χ1v) is 8.86. The van der Waals surface area contributed by atoms with Crippen LogP contribution in [0.2, 0.25) is 0 Å². The third kappa shape index (κ3) is 7.72. The normalized spacial score (nSPS) is 11.2. The molecule has 2 rings (SSSR count). The van der Waals surface area contributed by atoms with Crippen molar-refractivity contribution in [3.8, 4) is 0 Å². The van der Waals surface area contributed by atoms with Crippen LogP contribution in [-0.2, 0) is 13.0 Å². The molecule has 0 spiro atoms. The van der Waals surface area contributed by atoms with Crippen LogP contribution in [0.3, 0.4) is 0 Å². The van der Waals surface area contributed by atoms with Gasteiger partial charge >= 0.3 is 0 Å². The summed E-state index contributed by atoms with van der Waals surface area (Å²) >= 11 is 0. The lowest BCUT2D eigenvalue weighted by Gasteiger charge is -2.11. The number of halogens is 2. The number of hydrogen-bond donors (Lipinski definition) is 2. The van der Waals surface area contributed by atoms with E-state index in [0.29, 0.717) is 0 Å². The molecule has 0 bridgehead atoms. The molecule has 2 N–H and O–H groups in total. The lowest BCUT2D eigenvalue weighted by Crippen LogP contribution is -2.38. The summed E-state index contributed by atoms with van der Waals surface area (Å²) in [6.45, 7) is 9.32. The van der Waals surface area contributed by atoms with E-state index in [1.54, 1.807) is 0 Å². The van der Waals surface area contributed by atoms with E-state index in [4.69, 9.17) is 0 Å². The number of rotatable bonds is 8. The van der Waals surface area contributed by atoms with Crippen LogP contribution in [0.25, 0.3) is 0 Å². The summed E-state index contributed by atoms with van der Waals surface area (Å²) in [4.78, 5) is 4.60. The Morgan fingerprint density at radius 2 is 1.92 bits per heavy atom. The highest BCUT2D eigenvalue weighted by molar-refractivity contribution is 14.0. The standard InChI is InChI=1S/C19H28FN5.HI/c1-4-21-19(23-12-10-17-6-8-18(20)9-7-17)22-11-5-13-25-16(3)14-15(2)24-25;/h6-9,14H,4-5,10-13H2,1-3H3,(H2,21,22,23);1H. The molecule has 0 unspecified atom stereocenters. The number of benzene rings is 1. The molecule has 144 valence electrons. The average molecular weight is 473 g/mol. The summed E-state index contributed by atoms with van der Waals surface area (Å²) in [6.07, 6.45) is 1.77. The predicted octanol–water partition coefficient (Wildman–Crippen LogP) is 3.44. The summed E-state index contributed by atoms with van der Waals surface area (Å²) in [6, 6.07) is 8.70. The van der Waals surface area contributed by atoms with Crippen LogP contribution in [0, 0.1) is 19.7 Å². The zero-order chi connectivity index (χ0) is 18.1. The van der Waals surface area contributed by atoms with Gasteiger partial charge in [0.2, 0.25) is 0 Å². The van der Waals surface area contributed by atoms with Gasteiger partial charge in [-0.05, 0) is 57.4 Å². The van der Waals surface area contributed by atoms with Gasteiger partial charge in [-0.3, -0.25) is 9.67 Å². The highest BCUT2D eigenvalue weighted by Crippen LogP contribution is 2.03. The van der Waals surface area contributed by atoms with Crippen LogP contribution in [-0.4, -0.2) is 35.4 Å². The van der Waals surface area contributed by atoms with Crippen molar-refractivity contribution in [1.29, 1.82) is 0 Å². The number of hydrogen-bond acceptors (Lipinski definition) is 2. The van der Waals surface area contributed by atoms with E-state index in [-0.39, 0.29) is 29.8 Å². The van der Waals surface area contributed by atoms with Crippen molar-refractivity contribution in [3.63, 3.8) is 0 Å². The summed E-state index contributed by atoms with van der Waals surface area (Å²) < 4.78 is 14.9. The van der Waals surface area contributed by atoms with Crippen molar-refractivity contribution in [1.82, 2.24) is 20.4 Å². The molecule has 0 aliphatic heterocycles. The predicted molar refractivity (Wildman–Crippen MR) is 116 cm³/mol. The molecule has 7 heteroatoms. The molecule has 0 saturated heterocycles. The van der Waals surface area contributed by atoms with Crippen molar-refractivity contribution in [2.24, 2.45) is 4.99 Å². The Balaban J connectivity index is 0.00000338. The second-order valence-electron chi connectivity index (χ2n) is 6.07. The Hall–Kier alpha value is -1.64. The molecule has 5 nitrogen and oxygen atoms in total. The van der Waals surface area contributed by atoms with Gasteiger partial charge in [0, 0.05) is 31.9 Å². The summed E-state index contributed by atoms with van der Waals surface area (Å²) in [5.74, 6) is 0.618. The molecule has 0 aliphatic carbocycles. The lowest BCUT2D eigenvalue weighted by molar-refractivity contribution is 0.567. The molecule has 26 heavy (non-hydrogen) atoms. The molecule has 1 heterocycles. The first-order valence-electron chi connectivity index (χ1n) is 8.86. The fraction of sp³-hybridized carbons (Fsp3) is 0.474. The minimum Gasteiger partial charge on any atom is -0.357 e. The maximum atomic E-state index is 12.9. The Labute approximate surface area is 172 Å². The second-order valence-corrected chi connectivity index (χ2v) is 6.07. The number of aliphatic imine (C=N–C) groups is 1. The fourth-order valence-corrected chi connectivity index (χ4v) is 2.63. The Kier molecular flexibility index (Phi) is 10.2. The van der Waals surface area contributed by atoms with Gasteiger partial charge < -0.3 is 10.6 Å². The number of guanidine groups is 1. The minimum absolute atomic E-state index is 0. The first-order chi connectivity index (χ1) is 12.1. The van der Waals surface area contributed by atoms with Crippen molar-refractivity contribution in [2.75, 3.05) is 19.6 Å². The van der Waals surface area contributed by atoms with Crippen LogP contribution >= 0.6 is 24.0 Å². The molecular weight excluding hydrogens is 444 g/mol. The highest BCUT2D eigenvalue weighted by Gasteiger charge is 2.01. The lowest BCUT2D eigenvalue weighted by atomic mass is 10.1. The third-order valence-electron chi connectivity index (χ3n) is 3.86. The molecule has 0 radical (unpaired) electrons. The SMILES string of the molecule is CCNC(=NCCCn1nc(C)cc1C)NCCc1ccc(F)cc1.I. The summed E-state index contributed by atoms with van der Waals surface area (Å²) in [5.41, 5.74) is 3.34. The summed E-state index contributed by atoms with van der Waals surface area (Å²) in [5, 5.41) is 11.0.